The molecule has 2 N–H and O–H groups in total. The molecular formula is C25H19N3. The molecule has 0 radical (unpaired) electrons. The molecule has 28 heavy (non-hydrogen) atoms. The number of rotatable bonds is 1. The van der Waals surface area contributed by atoms with E-state index in [1.807, 2.05) is 10.7 Å². The van der Waals surface area contributed by atoms with E-state index in [9.17, 15) is 0 Å². The van der Waals surface area contributed by atoms with Gasteiger partial charge in [-0.1, -0.05) is 66.7 Å². The molecule has 0 aliphatic heterocycles. The van der Waals surface area contributed by atoms with Crippen molar-refractivity contribution < 1.29 is 0 Å². The number of benzene rings is 4. The van der Waals surface area contributed by atoms with Crippen molar-refractivity contribution in [1.82, 2.24) is 9.24 Å². The lowest BCUT2D eigenvalue weighted by Gasteiger charge is -2.09. The molecule has 2 heterocycles. The van der Waals surface area contributed by atoms with Gasteiger partial charge in [0.15, 0.2) is 0 Å². The van der Waals surface area contributed by atoms with E-state index in [0.717, 1.165) is 16.6 Å². The highest BCUT2D eigenvalue weighted by atomic mass is 15.3. The minimum absolute atomic E-state index is 1.05. The Kier molecular flexibility index (Phi) is 2.96. The highest BCUT2D eigenvalue weighted by molar-refractivity contribution is 6.19. The SMILES string of the molecule is Cn1c2ccccc2c2c(-c3cccc4c5ccccc5n(N)c34)cccc21. The van der Waals surface area contributed by atoms with Crippen LogP contribution in [-0.4, -0.2) is 9.24 Å². The largest absolute Gasteiger partial charge is 0.344 e. The third-order valence-electron chi connectivity index (χ3n) is 5.96. The van der Waals surface area contributed by atoms with Gasteiger partial charge >= 0.3 is 0 Å². The molecule has 0 saturated carbocycles. The summed E-state index contributed by atoms with van der Waals surface area (Å²) in [6.45, 7) is 0. The van der Waals surface area contributed by atoms with Gasteiger partial charge in [0.2, 0.25) is 0 Å². The first-order chi connectivity index (χ1) is 13.8. The van der Waals surface area contributed by atoms with Gasteiger partial charge < -0.3 is 10.4 Å². The number of para-hydroxylation sites is 3. The molecule has 3 heteroatoms. The molecule has 3 nitrogen and oxygen atoms in total. The van der Waals surface area contributed by atoms with E-state index >= 15 is 0 Å². The number of hydrogen-bond donors (Lipinski definition) is 1. The van der Waals surface area contributed by atoms with Crippen LogP contribution >= 0.6 is 0 Å². The Bertz CT molecular complexity index is 1530. The predicted molar refractivity (Wildman–Crippen MR) is 119 cm³/mol. The van der Waals surface area contributed by atoms with Gasteiger partial charge in [0, 0.05) is 45.2 Å². The molecule has 0 aliphatic carbocycles. The third-order valence-corrected chi connectivity index (χ3v) is 5.96. The summed E-state index contributed by atoms with van der Waals surface area (Å²) in [5.41, 5.74) is 6.98. The lowest BCUT2D eigenvalue weighted by molar-refractivity contribution is 1.01. The molecule has 134 valence electrons. The zero-order valence-electron chi connectivity index (χ0n) is 15.6. The zero-order chi connectivity index (χ0) is 18.8. The van der Waals surface area contributed by atoms with Crippen LogP contribution < -0.4 is 5.84 Å². The van der Waals surface area contributed by atoms with Gasteiger partial charge in [-0.15, -0.1) is 0 Å². The lowest BCUT2D eigenvalue weighted by atomic mass is 9.97. The molecule has 0 bridgehead atoms. The topological polar surface area (TPSA) is 35.9 Å². The highest BCUT2D eigenvalue weighted by Gasteiger charge is 2.17. The third kappa shape index (κ3) is 1.83. The number of fused-ring (bicyclic) bond motifs is 6. The van der Waals surface area contributed by atoms with Crippen molar-refractivity contribution in [2.24, 2.45) is 7.05 Å². The van der Waals surface area contributed by atoms with Crippen molar-refractivity contribution in [1.29, 1.82) is 0 Å². The van der Waals surface area contributed by atoms with Crippen LogP contribution in [0.2, 0.25) is 0 Å². The first kappa shape index (κ1) is 15.3. The van der Waals surface area contributed by atoms with E-state index in [4.69, 9.17) is 5.84 Å². The van der Waals surface area contributed by atoms with Gasteiger partial charge in [-0.25, -0.2) is 0 Å². The van der Waals surface area contributed by atoms with Crippen LogP contribution in [0.15, 0.2) is 84.9 Å². The summed E-state index contributed by atoms with van der Waals surface area (Å²) in [6.07, 6.45) is 0. The van der Waals surface area contributed by atoms with E-state index in [1.165, 1.54) is 38.1 Å². The molecule has 0 spiro atoms. The lowest BCUT2D eigenvalue weighted by Crippen LogP contribution is -2.07. The van der Waals surface area contributed by atoms with Crippen molar-refractivity contribution in [2.75, 3.05) is 5.84 Å². The Morgan fingerprint density at radius 3 is 2.04 bits per heavy atom. The zero-order valence-corrected chi connectivity index (χ0v) is 15.6. The average Bonchev–Trinajstić information content (AvgIpc) is 3.21. The summed E-state index contributed by atoms with van der Waals surface area (Å²) in [4.78, 5) is 0. The number of hydrogen-bond acceptors (Lipinski definition) is 1. The number of nitrogens with zero attached hydrogens (tertiary/aromatic N) is 2. The van der Waals surface area contributed by atoms with Crippen LogP contribution in [-0.2, 0) is 7.05 Å². The standard InChI is InChI=1S/C25H19N3/c1-27-21-13-4-3-9-20(21)24-17(10-7-15-23(24)27)19-12-6-11-18-16-8-2-5-14-22(16)28(26)25(18)19/h2-15H,26H2,1H3. The van der Waals surface area contributed by atoms with E-state index < -0.39 is 0 Å². The van der Waals surface area contributed by atoms with Gasteiger partial charge in [-0.3, -0.25) is 4.68 Å². The van der Waals surface area contributed by atoms with Crippen LogP contribution in [0, 0.1) is 0 Å². The van der Waals surface area contributed by atoms with Gasteiger partial charge in [0.25, 0.3) is 0 Å². The van der Waals surface area contributed by atoms with Crippen molar-refractivity contribution in [2.45, 2.75) is 0 Å². The Balaban J connectivity index is 1.83. The fourth-order valence-corrected chi connectivity index (χ4v) is 4.70. The minimum Gasteiger partial charge on any atom is -0.344 e. The molecule has 0 aliphatic rings. The first-order valence-electron chi connectivity index (χ1n) is 9.49. The molecular weight excluding hydrogens is 342 g/mol. The van der Waals surface area contributed by atoms with Gasteiger partial charge in [-0.05, 0) is 23.8 Å². The van der Waals surface area contributed by atoms with E-state index in [2.05, 4.69) is 90.5 Å². The maximum atomic E-state index is 6.59. The molecule has 2 aromatic heterocycles. The normalized spacial score (nSPS) is 11.9. The molecule has 0 amide bonds. The Morgan fingerprint density at radius 1 is 0.571 bits per heavy atom. The quantitative estimate of drug-likeness (QED) is 0.368. The molecule has 0 saturated heterocycles. The van der Waals surface area contributed by atoms with Crippen molar-refractivity contribution in [3.05, 3.63) is 84.9 Å². The van der Waals surface area contributed by atoms with E-state index in [0.29, 0.717) is 0 Å². The summed E-state index contributed by atoms with van der Waals surface area (Å²) in [5, 5.41) is 4.92. The van der Waals surface area contributed by atoms with Gasteiger partial charge in [0.1, 0.15) is 0 Å². The molecule has 0 unspecified atom stereocenters. The molecule has 0 atom stereocenters. The monoisotopic (exact) mass is 361 g/mol. The number of aromatic nitrogens is 2. The Labute approximate surface area is 162 Å². The fourth-order valence-electron chi connectivity index (χ4n) is 4.70. The number of aryl methyl sites for hydroxylation is 1. The van der Waals surface area contributed by atoms with Crippen LogP contribution in [0.3, 0.4) is 0 Å². The average molecular weight is 361 g/mol. The second kappa shape index (κ2) is 5.40. The first-order valence-corrected chi connectivity index (χ1v) is 9.49. The second-order valence-electron chi connectivity index (χ2n) is 7.36. The predicted octanol–water partition coefficient (Wildman–Crippen LogP) is 5.82. The van der Waals surface area contributed by atoms with Crippen LogP contribution in [0.1, 0.15) is 0 Å². The van der Waals surface area contributed by atoms with Crippen LogP contribution in [0.25, 0.3) is 54.7 Å². The Hall–Kier alpha value is -3.72. The van der Waals surface area contributed by atoms with Crippen molar-refractivity contribution in [3.8, 4) is 11.1 Å². The molecule has 6 rings (SSSR count). The Morgan fingerprint density at radius 2 is 1.18 bits per heavy atom. The van der Waals surface area contributed by atoms with Gasteiger partial charge in [-0.2, -0.15) is 0 Å². The summed E-state index contributed by atoms with van der Waals surface area (Å²) >= 11 is 0. The maximum Gasteiger partial charge on any atom is 0.0782 e. The van der Waals surface area contributed by atoms with Gasteiger partial charge in [0.05, 0.1) is 11.0 Å². The summed E-state index contributed by atoms with van der Waals surface area (Å²) in [5.74, 6) is 6.59. The highest BCUT2D eigenvalue weighted by Crippen LogP contribution is 2.40. The van der Waals surface area contributed by atoms with Crippen LogP contribution in [0.5, 0.6) is 0 Å². The maximum absolute atomic E-state index is 6.59. The number of nitrogen functional groups attached to an aromatic ring is 1. The smallest absolute Gasteiger partial charge is 0.0782 e. The van der Waals surface area contributed by atoms with E-state index in [-0.39, 0.29) is 0 Å². The second-order valence-corrected chi connectivity index (χ2v) is 7.36. The number of nitrogens with two attached hydrogens (primary N) is 1. The van der Waals surface area contributed by atoms with Crippen molar-refractivity contribution >= 4 is 43.6 Å². The fraction of sp³-hybridized carbons (Fsp3) is 0.0400. The molecule has 4 aromatic carbocycles. The van der Waals surface area contributed by atoms with Crippen LogP contribution in [0.4, 0.5) is 0 Å². The van der Waals surface area contributed by atoms with Crippen molar-refractivity contribution in [3.63, 3.8) is 0 Å². The summed E-state index contributed by atoms with van der Waals surface area (Å²) < 4.78 is 4.11. The summed E-state index contributed by atoms with van der Waals surface area (Å²) in [7, 11) is 2.13. The minimum atomic E-state index is 1.05. The summed E-state index contributed by atoms with van der Waals surface area (Å²) in [6, 6.07) is 29.9. The molecule has 0 fully saturated rings. The van der Waals surface area contributed by atoms with E-state index in [1.54, 1.807) is 0 Å². The molecule has 6 aromatic rings.